The molecule has 1 atom stereocenters. The van der Waals surface area contributed by atoms with E-state index in [0.29, 0.717) is 22.6 Å². The number of piperidine rings is 1. The van der Waals surface area contributed by atoms with Crippen LogP contribution in [0.5, 0.6) is 11.5 Å². The summed E-state index contributed by atoms with van der Waals surface area (Å²) in [5, 5.41) is 23.1. The van der Waals surface area contributed by atoms with E-state index in [-0.39, 0.29) is 29.9 Å². The van der Waals surface area contributed by atoms with Crippen molar-refractivity contribution >= 4 is 18.2 Å². The Morgan fingerprint density at radius 3 is 2.88 bits per heavy atom. The number of pyridine rings is 1. The van der Waals surface area contributed by atoms with Crippen LogP contribution in [0.2, 0.25) is 0 Å². The van der Waals surface area contributed by atoms with Crippen LogP contribution in [0.25, 0.3) is 11.3 Å². The van der Waals surface area contributed by atoms with Crippen molar-refractivity contribution in [3.8, 4) is 28.8 Å². The van der Waals surface area contributed by atoms with Gasteiger partial charge in [-0.3, -0.25) is 0 Å². The highest BCUT2D eigenvalue weighted by molar-refractivity contribution is 5.85. The second kappa shape index (κ2) is 8.06. The van der Waals surface area contributed by atoms with Gasteiger partial charge in [0.25, 0.3) is 0 Å². The van der Waals surface area contributed by atoms with Gasteiger partial charge in [-0.2, -0.15) is 5.26 Å². The summed E-state index contributed by atoms with van der Waals surface area (Å²) in [6.07, 6.45) is 2.04. The van der Waals surface area contributed by atoms with Crippen molar-refractivity contribution in [2.24, 2.45) is 0 Å². The number of methoxy groups -OCH3 is 1. The molecule has 132 valence electrons. The number of nitrogens with one attached hydrogen (secondary N) is 1. The fraction of sp³-hybridized carbons (Fsp3) is 0.333. The van der Waals surface area contributed by atoms with Crippen LogP contribution in [0, 0.1) is 11.3 Å². The zero-order valence-corrected chi connectivity index (χ0v) is 14.8. The highest BCUT2D eigenvalue weighted by Gasteiger charge is 2.23. The van der Waals surface area contributed by atoms with Crippen LogP contribution in [-0.2, 0) is 0 Å². The Labute approximate surface area is 153 Å². The van der Waals surface area contributed by atoms with Crippen LogP contribution in [0.15, 0.2) is 24.3 Å². The molecule has 0 bridgehead atoms. The Balaban J connectivity index is 0.00000225. The molecule has 4 N–H and O–H groups in total. The van der Waals surface area contributed by atoms with Gasteiger partial charge in [-0.15, -0.1) is 12.4 Å². The first-order valence-corrected chi connectivity index (χ1v) is 7.93. The van der Waals surface area contributed by atoms with E-state index in [1.807, 2.05) is 6.07 Å². The van der Waals surface area contributed by atoms with Crippen molar-refractivity contribution in [3.05, 3.63) is 35.4 Å². The lowest BCUT2D eigenvalue weighted by atomic mass is 9.88. The Bertz CT molecular complexity index is 798. The van der Waals surface area contributed by atoms with Gasteiger partial charge in [-0.25, -0.2) is 4.98 Å². The Kier molecular flexibility index (Phi) is 6.07. The fourth-order valence-electron chi connectivity index (χ4n) is 3.22. The minimum absolute atomic E-state index is 0. The molecule has 1 aliphatic rings. The largest absolute Gasteiger partial charge is 0.507 e. The third kappa shape index (κ3) is 3.63. The molecule has 1 saturated heterocycles. The Hall–Kier alpha value is -2.49. The maximum absolute atomic E-state index is 10.3. The minimum atomic E-state index is 0. The third-order valence-electron chi connectivity index (χ3n) is 4.41. The third-order valence-corrected chi connectivity index (χ3v) is 4.41. The lowest BCUT2D eigenvalue weighted by molar-refractivity contribution is 0.410. The highest BCUT2D eigenvalue weighted by Crippen LogP contribution is 2.39. The molecule has 0 radical (unpaired) electrons. The number of nitrogen functional groups attached to an aromatic ring is 1. The van der Waals surface area contributed by atoms with Gasteiger partial charge in [0.15, 0.2) is 0 Å². The smallest absolute Gasteiger partial charge is 0.142 e. The number of phenols is 1. The zero-order chi connectivity index (χ0) is 17.1. The van der Waals surface area contributed by atoms with E-state index in [9.17, 15) is 10.4 Å². The van der Waals surface area contributed by atoms with Crippen LogP contribution < -0.4 is 15.8 Å². The average Bonchev–Trinajstić information content (AvgIpc) is 2.61. The number of rotatable bonds is 3. The van der Waals surface area contributed by atoms with Gasteiger partial charge in [-0.1, -0.05) is 6.07 Å². The number of nitrogens with two attached hydrogens (primary N) is 1. The van der Waals surface area contributed by atoms with Crippen molar-refractivity contribution in [3.63, 3.8) is 0 Å². The molecule has 0 spiro atoms. The SMILES string of the molecule is COc1cccc(O)c1-c1cc(C2CCCNC2)c(C#N)c(N)n1.Cl. The summed E-state index contributed by atoms with van der Waals surface area (Å²) in [5.41, 5.74) is 8.34. The van der Waals surface area contributed by atoms with E-state index in [2.05, 4.69) is 16.4 Å². The molecule has 3 rings (SSSR count). The quantitative estimate of drug-likeness (QED) is 0.777. The van der Waals surface area contributed by atoms with E-state index in [1.54, 1.807) is 18.2 Å². The first-order chi connectivity index (χ1) is 11.7. The van der Waals surface area contributed by atoms with Gasteiger partial charge in [0.05, 0.1) is 23.9 Å². The molecule has 25 heavy (non-hydrogen) atoms. The van der Waals surface area contributed by atoms with E-state index in [1.165, 1.54) is 7.11 Å². The molecular weight excluding hydrogens is 340 g/mol. The summed E-state index contributed by atoms with van der Waals surface area (Å²) in [6.45, 7) is 1.79. The van der Waals surface area contributed by atoms with Crippen molar-refractivity contribution < 1.29 is 9.84 Å². The van der Waals surface area contributed by atoms with Gasteiger partial charge in [0.2, 0.25) is 0 Å². The Morgan fingerprint density at radius 2 is 2.24 bits per heavy atom. The minimum Gasteiger partial charge on any atom is -0.507 e. The van der Waals surface area contributed by atoms with Gasteiger partial charge in [0, 0.05) is 6.54 Å². The molecular formula is C18H21ClN4O2. The molecule has 7 heteroatoms. The number of hydrogen-bond donors (Lipinski definition) is 3. The second-order valence-corrected chi connectivity index (χ2v) is 5.87. The number of phenolic OH excluding ortho intramolecular Hbond substituents is 1. The van der Waals surface area contributed by atoms with E-state index >= 15 is 0 Å². The molecule has 2 aromatic rings. The predicted octanol–water partition coefficient (Wildman–Crippen LogP) is 2.81. The summed E-state index contributed by atoms with van der Waals surface area (Å²) in [6, 6.07) is 9.07. The molecule has 2 heterocycles. The molecule has 6 nitrogen and oxygen atoms in total. The lowest BCUT2D eigenvalue weighted by Gasteiger charge is -2.25. The Morgan fingerprint density at radius 1 is 1.44 bits per heavy atom. The van der Waals surface area contributed by atoms with Crippen molar-refractivity contribution in [1.29, 1.82) is 5.26 Å². The van der Waals surface area contributed by atoms with Crippen molar-refractivity contribution in [2.45, 2.75) is 18.8 Å². The first-order valence-electron chi connectivity index (χ1n) is 7.93. The lowest BCUT2D eigenvalue weighted by Crippen LogP contribution is -2.29. The summed E-state index contributed by atoms with van der Waals surface area (Å²) >= 11 is 0. The molecule has 0 saturated carbocycles. The predicted molar refractivity (Wildman–Crippen MR) is 99.1 cm³/mol. The monoisotopic (exact) mass is 360 g/mol. The number of aromatic hydroxyl groups is 1. The topological polar surface area (TPSA) is 104 Å². The van der Waals surface area contributed by atoms with Crippen LogP contribution >= 0.6 is 12.4 Å². The molecule has 1 unspecified atom stereocenters. The molecule has 1 fully saturated rings. The average molecular weight is 361 g/mol. The highest BCUT2D eigenvalue weighted by atomic mass is 35.5. The van der Waals surface area contributed by atoms with Gasteiger partial charge < -0.3 is 20.9 Å². The summed E-state index contributed by atoms with van der Waals surface area (Å²) in [5.74, 6) is 0.966. The van der Waals surface area contributed by atoms with Crippen LogP contribution in [0.3, 0.4) is 0 Å². The van der Waals surface area contributed by atoms with Gasteiger partial charge >= 0.3 is 0 Å². The van der Waals surface area contributed by atoms with E-state index in [0.717, 1.165) is 31.5 Å². The molecule has 1 aromatic heterocycles. The number of nitriles is 1. The summed E-state index contributed by atoms with van der Waals surface area (Å²) in [7, 11) is 1.54. The van der Waals surface area contributed by atoms with E-state index < -0.39 is 0 Å². The molecule has 1 aromatic carbocycles. The summed E-state index contributed by atoms with van der Waals surface area (Å²) < 4.78 is 5.34. The van der Waals surface area contributed by atoms with Crippen LogP contribution in [0.4, 0.5) is 5.82 Å². The number of benzene rings is 1. The van der Waals surface area contributed by atoms with Crippen LogP contribution in [0.1, 0.15) is 29.9 Å². The number of anilines is 1. The van der Waals surface area contributed by atoms with Gasteiger partial charge in [0.1, 0.15) is 23.4 Å². The van der Waals surface area contributed by atoms with Crippen molar-refractivity contribution in [1.82, 2.24) is 10.3 Å². The molecule has 0 amide bonds. The molecule has 0 aliphatic carbocycles. The number of nitrogens with zero attached hydrogens (tertiary/aromatic N) is 2. The zero-order valence-electron chi connectivity index (χ0n) is 14.0. The normalized spacial score (nSPS) is 16.6. The molecule has 1 aliphatic heterocycles. The maximum atomic E-state index is 10.3. The second-order valence-electron chi connectivity index (χ2n) is 5.87. The summed E-state index contributed by atoms with van der Waals surface area (Å²) in [4.78, 5) is 4.33. The van der Waals surface area contributed by atoms with Crippen LogP contribution in [-0.4, -0.2) is 30.3 Å². The van der Waals surface area contributed by atoms with E-state index in [4.69, 9.17) is 10.5 Å². The van der Waals surface area contributed by atoms with Gasteiger partial charge in [-0.05, 0) is 49.1 Å². The van der Waals surface area contributed by atoms with Crippen molar-refractivity contribution in [2.75, 3.05) is 25.9 Å². The number of hydrogen-bond acceptors (Lipinski definition) is 6. The first kappa shape index (κ1) is 18.8. The number of aromatic nitrogens is 1. The number of halogens is 1. The maximum Gasteiger partial charge on any atom is 0.142 e. The number of ether oxygens (including phenoxy) is 1. The standard InChI is InChI=1S/C18H20N4O2.ClH/c1-24-16-6-2-5-15(23)17(16)14-8-12(11-4-3-7-21-10-11)13(9-19)18(20)22-14;/h2,5-6,8,11,21,23H,3-4,7,10H2,1H3,(H2,20,22);1H. The fourth-order valence-corrected chi connectivity index (χ4v) is 3.22.